The molecule has 2 N–H and O–H groups in total. The van der Waals surface area contributed by atoms with Gasteiger partial charge in [0.25, 0.3) is 0 Å². The Bertz CT molecular complexity index is 349. The minimum absolute atomic E-state index is 0.0438. The van der Waals surface area contributed by atoms with Gasteiger partial charge in [-0.15, -0.1) is 0 Å². The third-order valence-corrected chi connectivity index (χ3v) is 3.82. The molecule has 1 aromatic rings. The molecule has 2 rings (SSSR count). The molecule has 0 saturated heterocycles. The number of hydrogen-bond donors (Lipinski definition) is 2. The van der Waals surface area contributed by atoms with Crippen molar-refractivity contribution in [3.63, 3.8) is 0 Å². The summed E-state index contributed by atoms with van der Waals surface area (Å²) >= 11 is 0. The van der Waals surface area contributed by atoms with E-state index < -0.39 is 5.54 Å². The largest absolute Gasteiger partial charge is 0.394 e. The lowest BCUT2D eigenvalue weighted by Gasteiger charge is -2.32. The summed E-state index contributed by atoms with van der Waals surface area (Å²) in [7, 11) is 0. The molecule has 4 nitrogen and oxygen atoms in total. The van der Waals surface area contributed by atoms with Crippen LogP contribution in [0, 0.1) is 0 Å². The zero-order valence-corrected chi connectivity index (χ0v) is 11.1. The van der Waals surface area contributed by atoms with E-state index in [1.165, 1.54) is 38.5 Å². The number of hydrogen-bond acceptors (Lipinski definition) is 4. The first kappa shape index (κ1) is 13.4. The SMILES string of the molecule is CC(CO)(NC1CCCCCC1)c1cnccn1. The van der Waals surface area contributed by atoms with E-state index in [1.807, 2.05) is 6.92 Å². The first-order valence-corrected chi connectivity index (χ1v) is 6.90. The second kappa shape index (κ2) is 6.25. The van der Waals surface area contributed by atoms with Crippen LogP contribution >= 0.6 is 0 Å². The smallest absolute Gasteiger partial charge is 0.0831 e. The molecule has 18 heavy (non-hydrogen) atoms. The number of aliphatic hydroxyl groups excluding tert-OH is 1. The third-order valence-electron chi connectivity index (χ3n) is 3.82. The van der Waals surface area contributed by atoms with Crippen molar-refractivity contribution in [1.82, 2.24) is 15.3 Å². The van der Waals surface area contributed by atoms with Crippen LogP contribution in [0.1, 0.15) is 51.1 Å². The molecule has 0 radical (unpaired) electrons. The van der Waals surface area contributed by atoms with E-state index in [0.717, 1.165) is 5.69 Å². The maximum Gasteiger partial charge on any atom is 0.0831 e. The maximum absolute atomic E-state index is 9.71. The predicted molar refractivity (Wildman–Crippen MR) is 71.1 cm³/mol. The summed E-state index contributed by atoms with van der Waals surface area (Å²) < 4.78 is 0. The van der Waals surface area contributed by atoms with E-state index in [-0.39, 0.29) is 6.61 Å². The van der Waals surface area contributed by atoms with Gasteiger partial charge in [-0.05, 0) is 19.8 Å². The van der Waals surface area contributed by atoms with Crippen molar-refractivity contribution >= 4 is 0 Å². The Labute approximate surface area is 109 Å². The Morgan fingerprint density at radius 2 is 2.00 bits per heavy atom. The molecule has 1 atom stereocenters. The van der Waals surface area contributed by atoms with Gasteiger partial charge in [0.2, 0.25) is 0 Å². The molecular formula is C14H23N3O. The van der Waals surface area contributed by atoms with Crippen LogP contribution < -0.4 is 5.32 Å². The van der Waals surface area contributed by atoms with Gasteiger partial charge in [0.15, 0.2) is 0 Å². The van der Waals surface area contributed by atoms with Gasteiger partial charge in [0.1, 0.15) is 0 Å². The molecule has 0 spiro atoms. The van der Waals surface area contributed by atoms with Gasteiger partial charge in [-0.1, -0.05) is 25.7 Å². The van der Waals surface area contributed by atoms with Crippen molar-refractivity contribution in [3.8, 4) is 0 Å². The fourth-order valence-corrected chi connectivity index (χ4v) is 2.66. The lowest BCUT2D eigenvalue weighted by atomic mass is 9.96. The second-order valence-corrected chi connectivity index (χ2v) is 5.41. The minimum Gasteiger partial charge on any atom is -0.394 e. The van der Waals surface area contributed by atoms with E-state index in [1.54, 1.807) is 18.6 Å². The molecule has 1 unspecified atom stereocenters. The van der Waals surface area contributed by atoms with E-state index in [4.69, 9.17) is 0 Å². The van der Waals surface area contributed by atoms with Gasteiger partial charge >= 0.3 is 0 Å². The van der Waals surface area contributed by atoms with Crippen molar-refractivity contribution in [3.05, 3.63) is 24.3 Å². The van der Waals surface area contributed by atoms with Crippen LogP contribution in [0.5, 0.6) is 0 Å². The fourth-order valence-electron chi connectivity index (χ4n) is 2.66. The van der Waals surface area contributed by atoms with Crippen molar-refractivity contribution in [1.29, 1.82) is 0 Å². The van der Waals surface area contributed by atoms with Crippen molar-refractivity contribution in [2.45, 2.75) is 57.0 Å². The summed E-state index contributed by atoms with van der Waals surface area (Å²) in [6.07, 6.45) is 12.7. The molecule has 0 aliphatic heterocycles. The van der Waals surface area contributed by atoms with Gasteiger partial charge in [-0.2, -0.15) is 0 Å². The van der Waals surface area contributed by atoms with Crippen LogP contribution in [0.2, 0.25) is 0 Å². The molecular weight excluding hydrogens is 226 g/mol. The Morgan fingerprint density at radius 3 is 2.56 bits per heavy atom. The lowest BCUT2D eigenvalue weighted by molar-refractivity contribution is 0.153. The van der Waals surface area contributed by atoms with Gasteiger partial charge < -0.3 is 10.4 Å². The standard InChI is InChI=1S/C14H23N3O/c1-14(11-18,13-10-15-8-9-16-13)17-12-6-4-2-3-5-7-12/h8-10,12,17-18H,2-7,11H2,1H3. The molecule has 0 aromatic carbocycles. The highest BCUT2D eigenvalue weighted by Gasteiger charge is 2.30. The third kappa shape index (κ3) is 3.27. The zero-order valence-electron chi connectivity index (χ0n) is 11.1. The number of nitrogens with one attached hydrogen (secondary N) is 1. The van der Waals surface area contributed by atoms with Crippen LogP contribution in [0.3, 0.4) is 0 Å². The zero-order chi connectivity index (χ0) is 12.8. The summed E-state index contributed by atoms with van der Waals surface area (Å²) in [6, 6.07) is 0.478. The molecule has 0 bridgehead atoms. The Hall–Kier alpha value is -1.00. The summed E-state index contributed by atoms with van der Waals surface area (Å²) in [5, 5.41) is 13.3. The first-order valence-electron chi connectivity index (χ1n) is 6.90. The number of nitrogens with zero attached hydrogens (tertiary/aromatic N) is 2. The summed E-state index contributed by atoms with van der Waals surface area (Å²) in [5.41, 5.74) is 0.334. The number of aliphatic hydroxyl groups is 1. The molecule has 1 aliphatic carbocycles. The molecule has 0 amide bonds. The van der Waals surface area contributed by atoms with Crippen molar-refractivity contribution in [2.24, 2.45) is 0 Å². The van der Waals surface area contributed by atoms with Gasteiger partial charge in [-0.25, -0.2) is 0 Å². The maximum atomic E-state index is 9.71. The van der Waals surface area contributed by atoms with Crippen LogP contribution in [-0.2, 0) is 5.54 Å². The molecule has 1 heterocycles. The summed E-state index contributed by atoms with van der Waals surface area (Å²) in [5.74, 6) is 0. The van der Waals surface area contributed by atoms with E-state index in [9.17, 15) is 5.11 Å². The molecule has 1 aromatic heterocycles. The minimum atomic E-state index is -0.483. The lowest BCUT2D eigenvalue weighted by Crippen LogP contribution is -2.48. The van der Waals surface area contributed by atoms with Crippen LogP contribution in [0.25, 0.3) is 0 Å². The Balaban J connectivity index is 2.07. The van der Waals surface area contributed by atoms with Gasteiger partial charge in [0.05, 0.1) is 24.0 Å². The number of rotatable bonds is 4. The average Bonchev–Trinajstić information content (AvgIpc) is 2.68. The number of aromatic nitrogens is 2. The molecule has 1 saturated carbocycles. The molecule has 4 heteroatoms. The normalized spacial score (nSPS) is 21.2. The highest BCUT2D eigenvalue weighted by atomic mass is 16.3. The highest BCUT2D eigenvalue weighted by molar-refractivity contribution is 5.10. The molecule has 1 aliphatic rings. The predicted octanol–water partition coefficient (Wildman–Crippen LogP) is 2.00. The monoisotopic (exact) mass is 249 g/mol. The van der Waals surface area contributed by atoms with E-state index in [2.05, 4.69) is 15.3 Å². The topological polar surface area (TPSA) is 58.0 Å². The highest BCUT2D eigenvalue weighted by Crippen LogP contribution is 2.23. The summed E-state index contributed by atoms with van der Waals surface area (Å²) in [4.78, 5) is 8.42. The Kier molecular flexibility index (Phi) is 4.66. The van der Waals surface area contributed by atoms with Gasteiger partial charge in [0, 0.05) is 18.4 Å². The van der Waals surface area contributed by atoms with Gasteiger partial charge in [-0.3, -0.25) is 9.97 Å². The fraction of sp³-hybridized carbons (Fsp3) is 0.714. The van der Waals surface area contributed by atoms with E-state index >= 15 is 0 Å². The Morgan fingerprint density at radius 1 is 1.28 bits per heavy atom. The van der Waals surface area contributed by atoms with Crippen LogP contribution in [0.15, 0.2) is 18.6 Å². The van der Waals surface area contributed by atoms with E-state index in [0.29, 0.717) is 6.04 Å². The second-order valence-electron chi connectivity index (χ2n) is 5.41. The van der Waals surface area contributed by atoms with Crippen molar-refractivity contribution < 1.29 is 5.11 Å². The summed E-state index contributed by atoms with van der Waals surface area (Å²) in [6.45, 7) is 2.05. The molecule has 100 valence electrons. The van der Waals surface area contributed by atoms with Crippen LogP contribution in [-0.4, -0.2) is 27.7 Å². The van der Waals surface area contributed by atoms with Crippen molar-refractivity contribution in [2.75, 3.05) is 6.61 Å². The first-order chi connectivity index (χ1) is 8.74. The average molecular weight is 249 g/mol. The quantitative estimate of drug-likeness (QED) is 0.801. The van der Waals surface area contributed by atoms with Crippen LogP contribution in [0.4, 0.5) is 0 Å². The molecule has 1 fully saturated rings.